The minimum Gasteiger partial charge on any atom is -0.593 e. The van der Waals surface area contributed by atoms with E-state index in [1.165, 1.54) is 0 Å². The number of rotatable bonds is 9. The summed E-state index contributed by atoms with van der Waals surface area (Å²) in [6.07, 6.45) is 6.43. The van der Waals surface area contributed by atoms with E-state index in [0.717, 1.165) is 22.5 Å². The van der Waals surface area contributed by atoms with Crippen molar-refractivity contribution < 1.29 is 14.1 Å². The van der Waals surface area contributed by atoms with Crippen LogP contribution in [0.4, 0.5) is 0 Å². The van der Waals surface area contributed by atoms with Crippen LogP contribution in [-0.4, -0.2) is 27.2 Å². The van der Waals surface area contributed by atoms with Crippen LogP contribution in [0.15, 0.2) is 47.3 Å². The largest absolute Gasteiger partial charge is 0.593 e. The monoisotopic (exact) mass is 449 g/mol. The van der Waals surface area contributed by atoms with Crippen LogP contribution >= 0.6 is 0 Å². The molecule has 7 heteroatoms. The number of carbonyl (C=O) groups is 2. The van der Waals surface area contributed by atoms with Crippen LogP contribution in [0.3, 0.4) is 0 Å². The molecule has 0 bridgehead atoms. The average molecular weight is 450 g/mol. The first-order valence-corrected chi connectivity index (χ1v) is 11.9. The Kier molecular flexibility index (Phi) is 10.1. The van der Waals surface area contributed by atoms with Crippen molar-refractivity contribution >= 4 is 23.2 Å². The fraction of sp³-hybridized carbons (Fsp3) is 0.583. The molecule has 3 unspecified atom stereocenters. The smallest absolute Gasteiger partial charge is 0.231 e. The lowest BCUT2D eigenvalue weighted by atomic mass is 9.88. The first-order valence-electron chi connectivity index (χ1n) is 10.7. The minimum atomic E-state index is -1.21. The van der Waals surface area contributed by atoms with Crippen LogP contribution in [0.1, 0.15) is 68.2 Å². The van der Waals surface area contributed by atoms with Crippen molar-refractivity contribution in [2.75, 3.05) is 0 Å². The van der Waals surface area contributed by atoms with Crippen LogP contribution in [0.25, 0.3) is 0 Å². The van der Waals surface area contributed by atoms with Gasteiger partial charge in [0.15, 0.2) is 0 Å². The zero-order chi connectivity index (χ0) is 23.9. The average Bonchev–Trinajstić information content (AvgIpc) is 2.63. The molecule has 1 aliphatic rings. The van der Waals surface area contributed by atoms with Crippen molar-refractivity contribution in [3.63, 3.8) is 0 Å². The van der Waals surface area contributed by atoms with E-state index >= 15 is 0 Å². The summed E-state index contributed by atoms with van der Waals surface area (Å²) in [5, 5.41) is 5.96. The van der Waals surface area contributed by atoms with Crippen LogP contribution in [0.5, 0.6) is 0 Å². The Morgan fingerprint density at radius 3 is 2.42 bits per heavy atom. The van der Waals surface area contributed by atoms with Crippen molar-refractivity contribution in [1.29, 1.82) is 0 Å². The van der Waals surface area contributed by atoms with E-state index in [9.17, 15) is 14.1 Å². The Hall–Kier alpha value is -1.99. The normalized spacial score (nSPS) is 19.5. The fourth-order valence-electron chi connectivity index (χ4n) is 3.15. The molecule has 6 nitrogen and oxygen atoms in total. The van der Waals surface area contributed by atoms with E-state index in [1.807, 2.05) is 67.5 Å². The van der Waals surface area contributed by atoms with E-state index in [2.05, 4.69) is 21.9 Å². The molecule has 1 rings (SSSR count). The lowest BCUT2D eigenvalue weighted by Crippen LogP contribution is -2.38. The molecule has 0 fully saturated rings. The molecule has 3 atom stereocenters. The van der Waals surface area contributed by atoms with Crippen LogP contribution in [-0.2, 0) is 21.0 Å². The third-order valence-corrected chi connectivity index (χ3v) is 6.54. The van der Waals surface area contributed by atoms with E-state index in [0.29, 0.717) is 12.8 Å². The Balaban J connectivity index is 2.80. The highest BCUT2D eigenvalue weighted by atomic mass is 32.2. The predicted molar refractivity (Wildman–Crippen MR) is 129 cm³/mol. The van der Waals surface area contributed by atoms with Gasteiger partial charge in [0.2, 0.25) is 11.8 Å². The third-order valence-electron chi connectivity index (χ3n) is 4.92. The molecule has 2 amide bonds. The topological polar surface area (TPSA) is 93.3 Å². The number of hydrogen-bond donors (Lipinski definition) is 3. The van der Waals surface area contributed by atoms with Gasteiger partial charge in [0.25, 0.3) is 0 Å². The number of carbonyl (C=O) groups excluding carboxylic acids is 2. The van der Waals surface area contributed by atoms with Crippen LogP contribution < -0.4 is 15.4 Å². The highest BCUT2D eigenvalue weighted by Gasteiger charge is 2.27. The van der Waals surface area contributed by atoms with Crippen LogP contribution in [0, 0.1) is 11.8 Å². The SMILES string of the molecule is C=CC(C/C=C(\C)N[S+]([O-])C(C)(C)C)C(=O)NC1=C(C)CC(C(=O)NC(C)C)C=C1C. The van der Waals surface area contributed by atoms with Gasteiger partial charge in [-0.2, -0.15) is 0 Å². The molecule has 0 aliphatic heterocycles. The molecule has 174 valence electrons. The second-order valence-corrected chi connectivity index (χ2v) is 11.4. The Bertz CT molecular complexity index is 775. The van der Waals surface area contributed by atoms with Gasteiger partial charge in [-0.25, -0.2) is 4.72 Å². The molecule has 0 heterocycles. The van der Waals surface area contributed by atoms with Crippen molar-refractivity contribution in [3.05, 3.63) is 47.3 Å². The molecule has 1 aliphatic carbocycles. The molecule has 0 radical (unpaired) electrons. The van der Waals surface area contributed by atoms with Gasteiger partial charge in [-0.05, 0) is 79.4 Å². The van der Waals surface area contributed by atoms with E-state index < -0.39 is 17.3 Å². The summed E-state index contributed by atoms with van der Waals surface area (Å²) < 4.78 is 14.8. The molecule has 0 aromatic rings. The minimum absolute atomic E-state index is 0.00352. The summed E-state index contributed by atoms with van der Waals surface area (Å²) in [6, 6.07) is 0.0896. The highest BCUT2D eigenvalue weighted by molar-refractivity contribution is 7.90. The van der Waals surface area contributed by atoms with E-state index in [-0.39, 0.29) is 28.5 Å². The second kappa shape index (κ2) is 11.6. The van der Waals surface area contributed by atoms with Gasteiger partial charge in [-0.15, -0.1) is 6.58 Å². The summed E-state index contributed by atoms with van der Waals surface area (Å²) >= 11 is -1.21. The maximum Gasteiger partial charge on any atom is 0.231 e. The van der Waals surface area contributed by atoms with Gasteiger partial charge < -0.3 is 15.2 Å². The maximum atomic E-state index is 12.9. The van der Waals surface area contributed by atoms with Crippen molar-refractivity contribution in [2.24, 2.45) is 11.8 Å². The lowest BCUT2D eigenvalue weighted by Gasteiger charge is -2.26. The molecule has 0 aromatic heterocycles. The summed E-state index contributed by atoms with van der Waals surface area (Å²) in [7, 11) is 0. The van der Waals surface area contributed by atoms with Gasteiger partial charge >= 0.3 is 0 Å². The van der Waals surface area contributed by atoms with Crippen molar-refractivity contribution in [3.8, 4) is 0 Å². The maximum absolute atomic E-state index is 12.9. The molecular weight excluding hydrogens is 410 g/mol. The highest BCUT2D eigenvalue weighted by Crippen LogP contribution is 2.28. The van der Waals surface area contributed by atoms with Gasteiger partial charge in [0.1, 0.15) is 4.75 Å². The molecule has 31 heavy (non-hydrogen) atoms. The van der Waals surface area contributed by atoms with Gasteiger partial charge in [0.05, 0.1) is 28.9 Å². The number of nitrogens with one attached hydrogen (secondary N) is 3. The first-order chi connectivity index (χ1) is 14.3. The molecular formula is C24H39N3O3S. The van der Waals surface area contributed by atoms with Gasteiger partial charge in [-0.1, -0.05) is 18.2 Å². The summed E-state index contributed by atoms with van der Waals surface area (Å²) in [4.78, 5) is 25.2. The van der Waals surface area contributed by atoms with Gasteiger partial charge in [0, 0.05) is 11.7 Å². The Labute approximate surface area is 191 Å². The zero-order valence-corrected chi connectivity index (χ0v) is 21.0. The summed E-state index contributed by atoms with van der Waals surface area (Å²) in [5.41, 5.74) is 3.40. The predicted octanol–water partition coefficient (Wildman–Crippen LogP) is 4.02. The lowest BCUT2D eigenvalue weighted by molar-refractivity contribution is -0.124. The molecule has 0 saturated heterocycles. The van der Waals surface area contributed by atoms with Gasteiger partial charge in [-0.3, -0.25) is 9.59 Å². The van der Waals surface area contributed by atoms with E-state index in [1.54, 1.807) is 6.08 Å². The quantitative estimate of drug-likeness (QED) is 0.366. The Morgan fingerprint density at radius 2 is 1.94 bits per heavy atom. The summed E-state index contributed by atoms with van der Waals surface area (Å²) in [6.45, 7) is 19.1. The zero-order valence-electron chi connectivity index (χ0n) is 20.2. The number of amides is 2. The second-order valence-electron chi connectivity index (χ2n) is 9.42. The standard InChI is InChI=1S/C24H39N3O3S/c1-10-19(12-11-18(6)27-31(30)24(7,8)9)22(28)26-21-16(4)13-20(14-17(21)5)23(29)25-15(2)3/h10-11,13,15,19-20,27H,1,12,14H2,2-9H3,(H,25,29)(H,26,28)/b18-11+. The summed E-state index contributed by atoms with van der Waals surface area (Å²) in [5.74, 6) is -0.791. The molecule has 3 N–H and O–H groups in total. The van der Waals surface area contributed by atoms with Crippen molar-refractivity contribution in [2.45, 2.75) is 79.0 Å². The van der Waals surface area contributed by atoms with E-state index in [4.69, 9.17) is 0 Å². The Morgan fingerprint density at radius 1 is 1.32 bits per heavy atom. The van der Waals surface area contributed by atoms with Crippen LogP contribution in [0.2, 0.25) is 0 Å². The molecule has 0 aromatic carbocycles. The third kappa shape index (κ3) is 8.57. The van der Waals surface area contributed by atoms with Crippen molar-refractivity contribution in [1.82, 2.24) is 15.4 Å². The number of hydrogen-bond acceptors (Lipinski definition) is 4. The molecule has 0 spiro atoms. The molecule has 0 saturated carbocycles. The fourth-order valence-corrected chi connectivity index (χ4v) is 3.83. The number of allylic oxidation sites excluding steroid dienone is 4. The first kappa shape index (κ1) is 27.0.